The first-order valence-electron chi connectivity index (χ1n) is 6.93. The summed E-state index contributed by atoms with van der Waals surface area (Å²) in [6.45, 7) is 2.90. The smallest absolute Gasteiger partial charge is 0.222 e. The summed E-state index contributed by atoms with van der Waals surface area (Å²) in [5.74, 6) is 1.41. The van der Waals surface area contributed by atoms with Gasteiger partial charge < -0.3 is 10.1 Å². The van der Waals surface area contributed by atoms with Crippen LogP contribution in [0, 0.1) is 6.92 Å². The van der Waals surface area contributed by atoms with Crippen molar-refractivity contribution in [2.75, 3.05) is 0 Å². The lowest BCUT2D eigenvalue weighted by Gasteiger charge is -2.11. The molecule has 1 aliphatic carbocycles. The van der Waals surface area contributed by atoms with Gasteiger partial charge in [-0.15, -0.1) is 0 Å². The van der Waals surface area contributed by atoms with E-state index in [4.69, 9.17) is 4.74 Å². The third kappa shape index (κ3) is 4.05. The molecule has 1 aromatic heterocycles. The van der Waals surface area contributed by atoms with Crippen LogP contribution in [0.5, 0.6) is 11.6 Å². The fourth-order valence-electron chi connectivity index (χ4n) is 2.04. The van der Waals surface area contributed by atoms with E-state index in [-0.39, 0.29) is 0 Å². The lowest BCUT2D eigenvalue weighted by Crippen LogP contribution is -2.15. The Balaban J connectivity index is 1.72. The largest absolute Gasteiger partial charge is 0.438 e. The zero-order chi connectivity index (χ0) is 14.8. The van der Waals surface area contributed by atoms with E-state index in [1.807, 2.05) is 31.3 Å². The zero-order valence-corrected chi connectivity index (χ0v) is 14.9. The number of hydrogen-bond acceptors (Lipinski definition) is 3. The van der Waals surface area contributed by atoms with Crippen LogP contribution in [-0.4, -0.2) is 11.0 Å². The van der Waals surface area contributed by atoms with Crippen molar-refractivity contribution < 1.29 is 4.74 Å². The predicted molar refractivity (Wildman–Crippen MR) is 90.8 cm³/mol. The Kier molecular flexibility index (Phi) is 4.62. The van der Waals surface area contributed by atoms with Crippen LogP contribution in [0.25, 0.3) is 0 Å². The van der Waals surface area contributed by atoms with Crippen molar-refractivity contribution in [2.24, 2.45) is 0 Å². The molecule has 1 aromatic carbocycles. The molecule has 0 radical (unpaired) electrons. The fourth-order valence-corrected chi connectivity index (χ4v) is 3.16. The molecular weight excluding hydrogens is 396 g/mol. The molecule has 21 heavy (non-hydrogen) atoms. The molecule has 0 bridgehead atoms. The summed E-state index contributed by atoms with van der Waals surface area (Å²) in [7, 11) is 0. The molecule has 3 nitrogen and oxygen atoms in total. The van der Waals surface area contributed by atoms with Gasteiger partial charge >= 0.3 is 0 Å². The van der Waals surface area contributed by atoms with Gasteiger partial charge in [-0.25, -0.2) is 4.98 Å². The highest BCUT2D eigenvalue weighted by molar-refractivity contribution is 9.11. The van der Waals surface area contributed by atoms with Crippen LogP contribution in [0.4, 0.5) is 0 Å². The van der Waals surface area contributed by atoms with E-state index in [0.717, 1.165) is 26.8 Å². The van der Waals surface area contributed by atoms with Gasteiger partial charge in [0.25, 0.3) is 0 Å². The summed E-state index contributed by atoms with van der Waals surface area (Å²) in [5, 5.41) is 3.49. The number of aryl methyl sites for hydroxylation is 1. The normalized spacial score (nSPS) is 14.2. The number of ether oxygens (including phenoxy) is 1. The first kappa shape index (κ1) is 15.0. The highest BCUT2D eigenvalue weighted by Gasteiger charge is 2.20. The van der Waals surface area contributed by atoms with Crippen LogP contribution in [0.2, 0.25) is 0 Å². The molecule has 0 spiro atoms. The van der Waals surface area contributed by atoms with E-state index in [0.29, 0.717) is 11.9 Å². The molecule has 0 atom stereocenters. The van der Waals surface area contributed by atoms with E-state index in [9.17, 15) is 0 Å². The number of halogens is 2. The summed E-state index contributed by atoms with van der Waals surface area (Å²) >= 11 is 6.93. The average Bonchev–Trinajstić information content (AvgIpc) is 3.26. The second-order valence-corrected chi connectivity index (χ2v) is 7.07. The van der Waals surface area contributed by atoms with Gasteiger partial charge in [-0.1, -0.05) is 15.9 Å². The maximum Gasteiger partial charge on any atom is 0.222 e. The monoisotopic (exact) mass is 410 g/mol. The Morgan fingerprint density at radius 2 is 2.10 bits per heavy atom. The SMILES string of the molecule is Cc1cc(CNC2CC2)cnc1Oc1ccc(Br)cc1Br. The average molecular weight is 412 g/mol. The maximum absolute atomic E-state index is 5.89. The second kappa shape index (κ2) is 6.46. The summed E-state index contributed by atoms with van der Waals surface area (Å²) < 4.78 is 7.80. The molecule has 0 saturated heterocycles. The lowest BCUT2D eigenvalue weighted by molar-refractivity contribution is 0.455. The molecule has 1 N–H and O–H groups in total. The quantitative estimate of drug-likeness (QED) is 0.754. The minimum Gasteiger partial charge on any atom is -0.438 e. The van der Waals surface area contributed by atoms with Gasteiger partial charge in [0.05, 0.1) is 4.47 Å². The van der Waals surface area contributed by atoms with Gasteiger partial charge in [-0.05, 0) is 65.5 Å². The van der Waals surface area contributed by atoms with Crippen molar-refractivity contribution in [3.05, 3.63) is 50.5 Å². The number of hydrogen-bond donors (Lipinski definition) is 1. The molecule has 1 fully saturated rings. The fraction of sp³-hybridized carbons (Fsp3) is 0.312. The Hall–Kier alpha value is -0.910. The first-order valence-corrected chi connectivity index (χ1v) is 8.52. The van der Waals surface area contributed by atoms with Gasteiger partial charge in [-0.3, -0.25) is 0 Å². The number of nitrogens with zero attached hydrogens (tertiary/aromatic N) is 1. The molecule has 3 rings (SSSR count). The topological polar surface area (TPSA) is 34.2 Å². The van der Waals surface area contributed by atoms with E-state index < -0.39 is 0 Å². The van der Waals surface area contributed by atoms with E-state index in [2.05, 4.69) is 48.2 Å². The van der Waals surface area contributed by atoms with Crippen molar-refractivity contribution in [3.63, 3.8) is 0 Å². The van der Waals surface area contributed by atoms with E-state index >= 15 is 0 Å². The van der Waals surface area contributed by atoms with Gasteiger partial charge in [0.15, 0.2) is 0 Å². The molecule has 110 valence electrons. The third-order valence-electron chi connectivity index (χ3n) is 3.36. The molecule has 1 saturated carbocycles. The minimum atomic E-state index is 0.646. The van der Waals surface area contributed by atoms with Crippen molar-refractivity contribution >= 4 is 31.9 Å². The molecule has 0 aliphatic heterocycles. The minimum absolute atomic E-state index is 0.646. The van der Waals surface area contributed by atoms with Gasteiger partial charge in [-0.2, -0.15) is 0 Å². The van der Waals surface area contributed by atoms with Crippen LogP contribution >= 0.6 is 31.9 Å². The number of aromatic nitrogens is 1. The van der Waals surface area contributed by atoms with Gasteiger partial charge in [0.2, 0.25) is 5.88 Å². The molecule has 0 amide bonds. The van der Waals surface area contributed by atoms with Crippen molar-refractivity contribution in [1.29, 1.82) is 0 Å². The predicted octanol–water partition coefficient (Wildman–Crippen LogP) is 4.96. The van der Waals surface area contributed by atoms with E-state index in [1.165, 1.54) is 18.4 Å². The summed E-state index contributed by atoms with van der Waals surface area (Å²) in [5.41, 5.74) is 2.24. The molecule has 1 aliphatic rings. The van der Waals surface area contributed by atoms with Crippen LogP contribution < -0.4 is 10.1 Å². The number of rotatable bonds is 5. The molecule has 5 heteroatoms. The van der Waals surface area contributed by atoms with Crippen LogP contribution in [0.3, 0.4) is 0 Å². The Morgan fingerprint density at radius 1 is 1.29 bits per heavy atom. The maximum atomic E-state index is 5.89. The van der Waals surface area contributed by atoms with Crippen LogP contribution in [0.1, 0.15) is 24.0 Å². The van der Waals surface area contributed by atoms with Crippen molar-refractivity contribution in [3.8, 4) is 11.6 Å². The highest BCUT2D eigenvalue weighted by atomic mass is 79.9. The van der Waals surface area contributed by atoms with Crippen LogP contribution in [-0.2, 0) is 6.54 Å². The molecule has 0 unspecified atom stereocenters. The molecule has 1 heterocycles. The lowest BCUT2D eigenvalue weighted by atomic mass is 10.2. The number of nitrogens with one attached hydrogen (secondary N) is 1. The summed E-state index contributed by atoms with van der Waals surface area (Å²) in [6.07, 6.45) is 4.47. The molecular formula is C16H16Br2N2O. The van der Waals surface area contributed by atoms with Crippen molar-refractivity contribution in [2.45, 2.75) is 32.4 Å². The van der Waals surface area contributed by atoms with E-state index in [1.54, 1.807) is 0 Å². The first-order chi connectivity index (χ1) is 10.1. The summed E-state index contributed by atoms with van der Waals surface area (Å²) in [6, 6.07) is 8.66. The van der Waals surface area contributed by atoms with Crippen molar-refractivity contribution in [1.82, 2.24) is 10.3 Å². The highest BCUT2D eigenvalue weighted by Crippen LogP contribution is 2.32. The summed E-state index contributed by atoms with van der Waals surface area (Å²) in [4.78, 5) is 4.44. The van der Waals surface area contributed by atoms with Crippen LogP contribution in [0.15, 0.2) is 39.4 Å². The molecule has 2 aromatic rings. The second-order valence-electron chi connectivity index (χ2n) is 5.30. The van der Waals surface area contributed by atoms with Gasteiger partial charge in [0, 0.05) is 28.8 Å². The Morgan fingerprint density at radius 3 is 2.76 bits per heavy atom. The van der Waals surface area contributed by atoms with Gasteiger partial charge in [0.1, 0.15) is 5.75 Å². The zero-order valence-electron chi connectivity index (χ0n) is 11.7. The third-order valence-corrected chi connectivity index (χ3v) is 4.47. The standard InChI is InChI=1S/C16H16Br2N2O/c1-10-6-11(8-19-13-3-4-13)9-20-16(10)21-15-5-2-12(17)7-14(15)18/h2,5-7,9,13,19H,3-4,8H2,1H3. The Bertz CT molecular complexity index is 657. The number of pyridine rings is 1. The number of benzene rings is 1. The Labute approximate surface area is 141 Å².